The molecular weight excluding hydrogens is 345 g/mol. The van der Waals surface area contributed by atoms with Gasteiger partial charge in [0, 0.05) is 19.6 Å². The lowest BCUT2D eigenvalue weighted by molar-refractivity contribution is -0.137. The van der Waals surface area contributed by atoms with Crippen molar-refractivity contribution in [2.75, 3.05) is 26.2 Å². The molecule has 0 saturated carbocycles. The van der Waals surface area contributed by atoms with Crippen molar-refractivity contribution in [2.45, 2.75) is 38.9 Å². The zero-order valence-electron chi connectivity index (χ0n) is 14.9. The van der Waals surface area contributed by atoms with E-state index in [1.807, 2.05) is 11.8 Å². The highest BCUT2D eigenvalue weighted by Gasteiger charge is 2.29. The molecule has 1 aromatic carbocycles. The average Bonchev–Trinajstić information content (AvgIpc) is 2.64. The molecule has 2 rings (SSSR count). The first-order valence-corrected chi connectivity index (χ1v) is 8.86. The molecule has 0 radical (unpaired) electrons. The van der Waals surface area contributed by atoms with E-state index in [9.17, 15) is 18.0 Å². The van der Waals surface area contributed by atoms with Gasteiger partial charge in [-0.1, -0.05) is 12.1 Å². The topological polar surface area (TPSA) is 56.7 Å². The number of nitrogens with zero attached hydrogens (tertiary/aromatic N) is 2. The first-order chi connectivity index (χ1) is 12.4. The molecule has 0 aromatic heterocycles. The molecule has 1 aromatic rings. The van der Waals surface area contributed by atoms with Gasteiger partial charge in [0.05, 0.1) is 18.7 Å². The van der Waals surface area contributed by atoms with Gasteiger partial charge in [0.25, 0.3) is 0 Å². The predicted molar refractivity (Wildman–Crippen MR) is 94.7 cm³/mol. The summed E-state index contributed by atoms with van der Waals surface area (Å²) >= 11 is 0. The molecule has 2 N–H and O–H groups in total. The molecule has 8 heteroatoms. The number of amides is 1. The van der Waals surface area contributed by atoms with Crippen molar-refractivity contribution in [1.29, 1.82) is 0 Å². The van der Waals surface area contributed by atoms with E-state index in [1.165, 1.54) is 12.1 Å². The van der Waals surface area contributed by atoms with E-state index in [-0.39, 0.29) is 19.0 Å². The summed E-state index contributed by atoms with van der Waals surface area (Å²) in [6.07, 6.45) is -1.11. The van der Waals surface area contributed by atoms with Gasteiger partial charge in [-0.15, -0.1) is 0 Å². The van der Waals surface area contributed by atoms with Gasteiger partial charge in [-0.25, -0.2) is 4.99 Å². The monoisotopic (exact) mass is 370 g/mol. The van der Waals surface area contributed by atoms with Gasteiger partial charge >= 0.3 is 6.18 Å². The second kappa shape index (κ2) is 9.45. The van der Waals surface area contributed by atoms with Gasteiger partial charge in [0.2, 0.25) is 5.91 Å². The van der Waals surface area contributed by atoms with Crippen molar-refractivity contribution < 1.29 is 18.0 Å². The van der Waals surface area contributed by atoms with Crippen LogP contribution in [0.15, 0.2) is 29.3 Å². The van der Waals surface area contributed by atoms with E-state index in [2.05, 4.69) is 15.6 Å². The summed E-state index contributed by atoms with van der Waals surface area (Å²) in [6.45, 7) is 4.49. The Morgan fingerprint density at radius 1 is 1.12 bits per heavy atom. The third-order valence-corrected chi connectivity index (χ3v) is 4.16. The number of carbonyl (C=O) groups is 1. The molecular formula is C18H25F3N4O. The van der Waals surface area contributed by atoms with E-state index in [4.69, 9.17) is 0 Å². The first-order valence-electron chi connectivity index (χ1n) is 8.86. The maximum atomic E-state index is 12.6. The third kappa shape index (κ3) is 6.24. The standard InChI is InChI=1S/C18H25F3N4O/c1-2-22-17(24-13-16(26)25-10-4-3-5-11-25)23-12-14-6-8-15(9-7-14)18(19,20)21/h6-9H,2-5,10-13H2,1H3,(H2,22,23,24). The van der Waals surface area contributed by atoms with E-state index in [0.717, 1.165) is 44.5 Å². The second-order valence-electron chi connectivity index (χ2n) is 6.18. The molecule has 0 aliphatic carbocycles. The third-order valence-electron chi connectivity index (χ3n) is 4.16. The van der Waals surface area contributed by atoms with Crippen LogP contribution in [-0.4, -0.2) is 42.9 Å². The molecule has 1 aliphatic heterocycles. The summed E-state index contributed by atoms with van der Waals surface area (Å²) in [5.41, 5.74) is -0.0139. The van der Waals surface area contributed by atoms with Crippen LogP contribution >= 0.6 is 0 Å². The first kappa shape index (κ1) is 20.1. The van der Waals surface area contributed by atoms with Gasteiger partial charge in [0.15, 0.2) is 5.96 Å². The number of hydrogen-bond acceptors (Lipinski definition) is 2. The van der Waals surface area contributed by atoms with E-state index >= 15 is 0 Å². The smallest absolute Gasteiger partial charge is 0.357 e. The van der Waals surface area contributed by atoms with Crippen LogP contribution in [0.2, 0.25) is 0 Å². The predicted octanol–water partition coefficient (Wildman–Crippen LogP) is 2.77. The molecule has 0 bridgehead atoms. The highest BCUT2D eigenvalue weighted by Crippen LogP contribution is 2.29. The van der Waals surface area contributed by atoms with Crippen LogP contribution < -0.4 is 10.6 Å². The van der Waals surface area contributed by atoms with Crippen LogP contribution in [0.5, 0.6) is 0 Å². The largest absolute Gasteiger partial charge is 0.416 e. The Morgan fingerprint density at radius 2 is 1.77 bits per heavy atom. The number of carbonyl (C=O) groups excluding carboxylic acids is 1. The molecule has 1 fully saturated rings. The molecule has 1 amide bonds. The van der Waals surface area contributed by atoms with Crippen molar-refractivity contribution in [2.24, 2.45) is 4.99 Å². The van der Waals surface area contributed by atoms with E-state index in [0.29, 0.717) is 18.1 Å². The highest BCUT2D eigenvalue weighted by molar-refractivity contribution is 5.86. The Balaban J connectivity index is 1.90. The van der Waals surface area contributed by atoms with Gasteiger partial charge in [-0.05, 0) is 43.9 Å². The molecule has 5 nitrogen and oxygen atoms in total. The molecule has 1 saturated heterocycles. The number of alkyl halides is 3. The highest BCUT2D eigenvalue weighted by atomic mass is 19.4. The number of piperidine rings is 1. The lowest BCUT2D eigenvalue weighted by atomic mass is 10.1. The van der Waals surface area contributed by atoms with Crippen molar-refractivity contribution in [1.82, 2.24) is 15.5 Å². The van der Waals surface area contributed by atoms with Crippen LogP contribution in [0.25, 0.3) is 0 Å². The summed E-state index contributed by atoms with van der Waals surface area (Å²) in [7, 11) is 0. The average molecular weight is 370 g/mol. The number of halogens is 3. The van der Waals surface area contributed by atoms with Crippen molar-refractivity contribution in [3.05, 3.63) is 35.4 Å². The van der Waals surface area contributed by atoms with Crippen LogP contribution in [0.1, 0.15) is 37.3 Å². The molecule has 0 spiro atoms. The van der Waals surface area contributed by atoms with Gasteiger partial charge < -0.3 is 15.5 Å². The molecule has 0 atom stereocenters. The second-order valence-corrected chi connectivity index (χ2v) is 6.18. The molecule has 1 aliphatic rings. The van der Waals surface area contributed by atoms with Crippen LogP contribution in [0.3, 0.4) is 0 Å². The Morgan fingerprint density at radius 3 is 2.35 bits per heavy atom. The molecule has 1 heterocycles. The number of benzene rings is 1. The normalized spacial score (nSPS) is 15.7. The fourth-order valence-corrected chi connectivity index (χ4v) is 2.73. The van der Waals surface area contributed by atoms with Crippen molar-refractivity contribution in [3.8, 4) is 0 Å². The lowest BCUT2D eigenvalue weighted by Gasteiger charge is -2.27. The number of rotatable bonds is 5. The lowest BCUT2D eigenvalue weighted by Crippen LogP contribution is -2.46. The van der Waals surface area contributed by atoms with E-state index < -0.39 is 11.7 Å². The fraction of sp³-hybridized carbons (Fsp3) is 0.556. The minimum Gasteiger partial charge on any atom is -0.357 e. The van der Waals surface area contributed by atoms with Gasteiger partial charge in [-0.2, -0.15) is 13.2 Å². The maximum absolute atomic E-state index is 12.6. The van der Waals surface area contributed by atoms with Crippen LogP contribution in [0, 0.1) is 0 Å². The summed E-state index contributed by atoms with van der Waals surface area (Å²) in [6, 6.07) is 4.92. The fourth-order valence-electron chi connectivity index (χ4n) is 2.73. The molecule has 0 unspecified atom stereocenters. The number of hydrogen-bond donors (Lipinski definition) is 2. The van der Waals surface area contributed by atoms with Crippen molar-refractivity contribution in [3.63, 3.8) is 0 Å². The minimum atomic E-state index is -4.34. The quantitative estimate of drug-likeness (QED) is 0.619. The summed E-state index contributed by atoms with van der Waals surface area (Å²) in [4.78, 5) is 18.4. The number of guanidine groups is 1. The zero-order chi connectivity index (χ0) is 19.0. The van der Waals surface area contributed by atoms with Gasteiger partial charge in [0.1, 0.15) is 0 Å². The minimum absolute atomic E-state index is 0.0323. The number of likely N-dealkylation sites (tertiary alicyclic amines) is 1. The number of aliphatic imine (C=N–C) groups is 1. The summed E-state index contributed by atoms with van der Waals surface area (Å²) in [5, 5.41) is 6.03. The van der Waals surface area contributed by atoms with Crippen molar-refractivity contribution >= 4 is 11.9 Å². The Hall–Kier alpha value is -2.25. The molecule has 26 heavy (non-hydrogen) atoms. The Labute approximate surface area is 151 Å². The van der Waals surface area contributed by atoms with Crippen LogP contribution in [-0.2, 0) is 17.5 Å². The molecule has 144 valence electrons. The maximum Gasteiger partial charge on any atom is 0.416 e. The Kier molecular flexibility index (Phi) is 7.29. The summed E-state index contributed by atoms with van der Waals surface area (Å²) in [5.74, 6) is 0.502. The van der Waals surface area contributed by atoms with Gasteiger partial charge in [-0.3, -0.25) is 4.79 Å². The van der Waals surface area contributed by atoms with Crippen LogP contribution in [0.4, 0.5) is 13.2 Å². The van der Waals surface area contributed by atoms with E-state index in [1.54, 1.807) is 0 Å². The zero-order valence-corrected chi connectivity index (χ0v) is 14.9. The Bertz CT molecular complexity index is 608. The SMILES string of the molecule is CCNC(=NCc1ccc(C(F)(F)F)cc1)NCC(=O)N1CCCCC1. The number of nitrogens with one attached hydrogen (secondary N) is 2. The summed E-state index contributed by atoms with van der Waals surface area (Å²) < 4.78 is 37.7.